The molecule has 0 saturated heterocycles. The molecular formula is C14H13F3N2O3. The van der Waals surface area contributed by atoms with Crippen molar-refractivity contribution in [2.45, 2.75) is 25.9 Å². The molecule has 5 nitrogen and oxygen atoms in total. The average molecular weight is 314 g/mol. The molecule has 0 aromatic heterocycles. The van der Waals surface area contributed by atoms with E-state index in [1.54, 1.807) is 0 Å². The Morgan fingerprint density at radius 1 is 1.32 bits per heavy atom. The normalized spacial score (nSPS) is 19.0. The van der Waals surface area contributed by atoms with E-state index in [0.717, 1.165) is 6.07 Å². The van der Waals surface area contributed by atoms with E-state index >= 15 is 0 Å². The standard InChI is InChI=1S/C14H13F3N2O3/c1-7-4-8(6-9(20)5-7)10-2-3-11(14(15,16)17)13(12(10)18)19(21)22/h2-3,6-7H,4-5,18H2,1H3. The number of carbonyl (C=O) groups is 1. The number of alkyl halides is 3. The van der Waals surface area contributed by atoms with Crippen molar-refractivity contribution in [3.63, 3.8) is 0 Å². The van der Waals surface area contributed by atoms with Crippen LogP contribution in [0.3, 0.4) is 0 Å². The average Bonchev–Trinajstić information content (AvgIpc) is 2.35. The molecule has 2 rings (SSSR count). The number of hydrogen-bond donors (Lipinski definition) is 1. The molecule has 2 N–H and O–H groups in total. The summed E-state index contributed by atoms with van der Waals surface area (Å²) in [7, 11) is 0. The number of nitrogens with two attached hydrogens (primary N) is 1. The van der Waals surface area contributed by atoms with Gasteiger partial charge in [-0.2, -0.15) is 13.2 Å². The van der Waals surface area contributed by atoms with Crippen molar-refractivity contribution >= 4 is 22.7 Å². The van der Waals surface area contributed by atoms with Gasteiger partial charge >= 0.3 is 11.9 Å². The van der Waals surface area contributed by atoms with Crippen molar-refractivity contribution in [3.8, 4) is 0 Å². The Morgan fingerprint density at radius 2 is 1.95 bits per heavy atom. The Kier molecular flexibility index (Phi) is 3.95. The molecule has 22 heavy (non-hydrogen) atoms. The number of nitro benzene ring substituents is 1. The monoisotopic (exact) mass is 314 g/mol. The molecule has 1 aromatic carbocycles. The zero-order valence-electron chi connectivity index (χ0n) is 11.6. The summed E-state index contributed by atoms with van der Waals surface area (Å²) in [6.45, 7) is 1.82. The van der Waals surface area contributed by atoms with Crippen LogP contribution in [0, 0.1) is 16.0 Å². The summed E-state index contributed by atoms with van der Waals surface area (Å²) in [6.07, 6.45) is -2.81. The molecule has 0 bridgehead atoms. The number of nitro groups is 1. The first-order valence-electron chi connectivity index (χ1n) is 6.49. The lowest BCUT2D eigenvalue weighted by molar-refractivity contribution is -0.387. The van der Waals surface area contributed by atoms with Crippen LogP contribution in [0.5, 0.6) is 0 Å². The van der Waals surface area contributed by atoms with Gasteiger partial charge in [0, 0.05) is 12.0 Å². The molecule has 1 unspecified atom stereocenters. The van der Waals surface area contributed by atoms with Gasteiger partial charge in [0.2, 0.25) is 0 Å². The van der Waals surface area contributed by atoms with Crippen molar-refractivity contribution in [2.75, 3.05) is 5.73 Å². The third kappa shape index (κ3) is 2.95. The van der Waals surface area contributed by atoms with Crippen LogP contribution >= 0.6 is 0 Å². The summed E-state index contributed by atoms with van der Waals surface area (Å²) in [6, 6.07) is 1.72. The zero-order chi connectivity index (χ0) is 16.7. The SMILES string of the molecule is CC1CC(=O)C=C(c2ccc(C(F)(F)F)c([N+](=O)[O-])c2N)C1. The first-order chi connectivity index (χ1) is 10.1. The van der Waals surface area contributed by atoms with Crippen LogP contribution in [0.25, 0.3) is 5.57 Å². The highest BCUT2D eigenvalue weighted by Crippen LogP contribution is 2.43. The number of hydrogen-bond acceptors (Lipinski definition) is 4. The van der Waals surface area contributed by atoms with E-state index in [4.69, 9.17) is 5.73 Å². The van der Waals surface area contributed by atoms with Crippen LogP contribution in [-0.2, 0) is 11.0 Å². The van der Waals surface area contributed by atoms with Gasteiger partial charge in [0.15, 0.2) is 5.78 Å². The molecule has 0 heterocycles. The molecular weight excluding hydrogens is 301 g/mol. The van der Waals surface area contributed by atoms with Crippen molar-refractivity contribution in [2.24, 2.45) is 5.92 Å². The van der Waals surface area contributed by atoms with Gasteiger partial charge in [-0.05, 0) is 30.1 Å². The molecule has 8 heteroatoms. The van der Waals surface area contributed by atoms with Gasteiger partial charge in [0.25, 0.3) is 0 Å². The molecule has 1 atom stereocenters. The Morgan fingerprint density at radius 3 is 2.45 bits per heavy atom. The van der Waals surface area contributed by atoms with Gasteiger partial charge < -0.3 is 5.73 Å². The van der Waals surface area contributed by atoms with Gasteiger partial charge in [-0.3, -0.25) is 14.9 Å². The molecule has 0 radical (unpaired) electrons. The van der Waals surface area contributed by atoms with Crippen LogP contribution in [-0.4, -0.2) is 10.7 Å². The molecule has 0 fully saturated rings. The van der Waals surface area contributed by atoms with Crippen molar-refractivity contribution in [1.82, 2.24) is 0 Å². The fourth-order valence-corrected chi connectivity index (χ4v) is 2.60. The predicted molar refractivity (Wildman–Crippen MR) is 73.9 cm³/mol. The minimum absolute atomic E-state index is 0.00764. The van der Waals surface area contributed by atoms with Gasteiger partial charge in [-0.15, -0.1) is 0 Å². The second-order valence-electron chi connectivity index (χ2n) is 5.33. The smallest absolute Gasteiger partial charge is 0.393 e. The first kappa shape index (κ1) is 16.0. The number of carbonyl (C=O) groups excluding carboxylic acids is 1. The van der Waals surface area contributed by atoms with E-state index in [0.29, 0.717) is 24.5 Å². The summed E-state index contributed by atoms with van der Waals surface area (Å²) in [4.78, 5) is 21.4. The van der Waals surface area contributed by atoms with E-state index in [9.17, 15) is 28.1 Å². The minimum atomic E-state index is -4.88. The maximum absolute atomic E-state index is 12.9. The lowest BCUT2D eigenvalue weighted by atomic mass is 9.85. The van der Waals surface area contributed by atoms with E-state index in [2.05, 4.69) is 0 Å². The van der Waals surface area contributed by atoms with Crippen LogP contribution in [0.1, 0.15) is 30.9 Å². The number of rotatable bonds is 2. The third-order valence-corrected chi connectivity index (χ3v) is 3.50. The maximum atomic E-state index is 12.9. The number of nitrogens with zero attached hydrogens (tertiary/aromatic N) is 1. The fraction of sp³-hybridized carbons (Fsp3) is 0.357. The van der Waals surface area contributed by atoms with Gasteiger partial charge in [0.05, 0.1) is 4.92 Å². The van der Waals surface area contributed by atoms with E-state index in [1.807, 2.05) is 6.92 Å². The quantitative estimate of drug-likeness (QED) is 0.513. The lowest BCUT2D eigenvalue weighted by Gasteiger charge is -2.20. The van der Waals surface area contributed by atoms with Crippen molar-refractivity contribution in [3.05, 3.63) is 39.4 Å². The first-order valence-corrected chi connectivity index (χ1v) is 6.49. The number of nitrogen functional groups attached to an aromatic ring is 1. The van der Waals surface area contributed by atoms with Gasteiger partial charge in [-0.1, -0.05) is 13.0 Å². The highest BCUT2D eigenvalue weighted by molar-refractivity contribution is 6.00. The lowest BCUT2D eigenvalue weighted by Crippen LogP contribution is -2.14. The van der Waals surface area contributed by atoms with Gasteiger partial charge in [0.1, 0.15) is 11.3 Å². The molecule has 1 aliphatic carbocycles. The number of benzene rings is 1. The van der Waals surface area contributed by atoms with E-state index < -0.39 is 28.0 Å². The Labute approximate surface area is 123 Å². The molecule has 118 valence electrons. The largest absolute Gasteiger partial charge is 0.423 e. The minimum Gasteiger partial charge on any atom is -0.393 e. The maximum Gasteiger partial charge on any atom is 0.423 e. The molecule has 0 spiro atoms. The Bertz CT molecular complexity index is 681. The molecule has 0 aliphatic heterocycles. The van der Waals surface area contributed by atoms with E-state index in [1.165, 1.54) is 6.08 Å². The summed E-state index contributed by atoms with van der Waals surface area (Å²) >= 11 is 0. The van der Waals surface area contributed by atoms with E-state index in [-0.39, 0.29) is 17.3 Å². The van der Waals surface area contributed by atoms with Crippen LogP contribution < -0.4 is 5.73 Å². The number of anilines is 1. The van der Waals surface area contributed by atoms with Crippen molar-refractivity contribution < 1.29 is 22.9 Å². The number of allylic oxidation sites excluding steroid dienone is 2. The number of ketones is 1. The summed E-state index contributed by atoms with van der Waals surface area (Å²) in [5.74, 6) is -0.163. The molecule has 1 aliphatic rings. The third-order valence-electron chi connectivity index (χ3n) is 3.50. The Hall–Kier alpha value is -2.38. The molecule has 0 amide bonds. The highest BCUT2D eigenvalue weighted by atomic mass is 19.4. The Balaban J connectivity index is 2.63. The summed E-state index contributed by atoms with van der Waals surface area (Å²) < 4.78 is 38.6. The topological polar surface area (TPSA) is 86.2 Å². The molecule has 1 aromatic rings. The summed E-state index contributed by atoms with van der Waals surface area (Å²) in [5.41, 5.74) is 3.02. The highest BCUT2D eigenvalue weighted by Gasteiger charge is 2.40. The predicted octanol–water partition coefficient (Wildman–Crippen LogP) is 3.58. The van der Waals surface area contributed by atoms with Crippen molar-refractivity contribution in [1.29, 1.82) is 0 Å². The fourth-order valence-electron chi connectivity index (χ4n) is 2.60. The number of halogens is 3. The zero-order valence-corrected chi connectivity index (χ0v) is 11.6. The molecule has 0 saturated carbocycles. The van der Waals surface area contributed by atoms with Crippen LogP contribution in [0.4, 0.5) is 24.5 Å². The van der Waals surface area contributed by atoms with Crippen LogP contribution in [0.2, 0.25) is 0 Å². The second-order valence-corrected chi connectivity index (χ2v) is 5.33. The second kappa shape index (κ2) is 5.43. The van der Waals surface area contributed by atoms with Gasteiger partial charge in [-0.25, -0.2) is 0 Å². The summed E-state index contributed by atoms with van der Waals surface area (Å²) in [5, 5.41) is 11.0. The van der Waals surface area contributed by atoms with Crippen LogP contribution in [0.15, 0.2) is 18.2 Å².